The maximum absolute atomic E-state index is 12.3. The van der Waals surface area contributed by atoms with Crippen molar-refractivity contribution in [2.45, 2.75) is 12.8 Å². The minimum atomic E-state index is -0.405. The van der Waals surface area contributed by atoms with E-state index in [0.29, 0.717) is 18.4 Å². The summed E-state index contributed by atoms with van der Waals surface area (Å²) in [6, 6.07) is 6.69. The molecule has 0 bridgehead atoms. The number of likely N-dealkylation sites (tertiary alicyclic amines) is 1. The third-order valence-corrected chi connectivity index (χ3v) is 4.35. The molecule has 1 saturated heterocycles. The quantitative estimate of drug-likeness (QED) is 0.521. The highest BCUT2D eigenvalue weighted by atomic mass is 16.5. The van der Waals surface area contributed by atoms with Crippen LogP contribution in [0.25, 0.3) is 0 Å². The van der Waals surface area contributed by atoms with E-state index in [1.54, 1.807) is 24.3 Å². The van der Waals surface area contributed by atoms with Gasteiger partial charge in [-0.25, -0.2) is 4.79 Å². The van der Waals surface area contributed by atoms with E-state index >= 15 is 0 Å². The first-order chi connectivity index (χ1) is 11.1. The van der Waals surface area contributed by atoms with Crippen molar-refractivity contribution >= 4 is 23.5 Å². The van der Waals surface area contributed by atoms with Gasteiger partial charge >= 0.3 is 5.97 Å². The average molecular weight is 314 g/mol. The van der Waals surface area contributed by atoms with E-state index in [1.165, 1.54) is 12.0 Å². The average Bonchev–Trinajstić information content (AvgIpc) is 2.84. The number of allylic oxidation sites excluding steroid dienone is 2. The zero-order chi connectivity index (χ0) is 16.4. The lowest BCUT2D eigenvalue weighted by Gasteiger charge is -2.16. The predicted octanol–water partition coefficient (Wildman–Crippen LogP) is 1.79. The number of amides is 2. The predicted molar refractivity (Wildman–Crippen MR) is 83.5 cm³/mol. The highest BCUT2D eigenvalue weighted by molar-refractivity contribution is 6.05. The SMILES string of the molecule is COC(=O)c1ccc(NCN2C(=O)[C@@H]3CC=CC[C@H]3C2=O)cc1. The van der Waals surface area contributed by atoms with Gasteiger partial charge in [0.25, 0.3) is 0 Å². The number of esters is 1. The Balaban J connectivity index is 1.63. The van der Waals surface area contributed by atoms with E-state index in [4.69, 9.17) is 0 Å². The van der Waals surface area contributed by atoms with Gasteiger partial charge in [-0.15, -0.1) is 0 Å². The topological polar surface area (TPSA) is 75.7 Å². The molecule has 6 nitrogen and oxygen atoms in total. The van der Waals surface area contributed by atoms with Crippen LogP contribution in [0.5, 0.6) is 0 Å². The maximum atomic E-state index is 12.3. The fraction of sp³-hybridized carbons (Fsp3) is 0.353. The van der Waals surface area contributed by atoms with Gasteiger partial charge < -0.3 is 10.1 Å². The Morgan fingerprint density at radius 3 is 2.22 bits per heavy atom. The number of anilines is 1. The molecule has 0 aromatic heterocycles. The Morgan fingerprint density at radius 2 is 1.70 bits per heavy atom. The highest BCUT2D eigenvalue weighted by Gasteiger charge is 2.46. The molecule has 3 rings (SSSR count). The largest absolute Gasteiger partial charge is 0.465 e. The number of imide groups is 1. The Hall–Kier alpha value is -2.63. The second kappa shape index (κ2) is 6.24. The van der Waals surface area contributed by atoms with E-state index in [0.717, 1.165) is 5.69 Å². The van der Waals surface area contributed by atoms with Crippen LogP contribution in [0.2, 0.25) is 0 Å². The van der Waals surface area contributed by atoms with Crippen LogP contribution in [-0.2, 0) is 14.3 Å². The van der Waals surface area contributed by atoms with Gasteiger partial charge in [0, 0.05) is 5.69 Å². The number of hydrogen-bond acceptors (Lipinski definition) is 5. The summed E-state index contributed by atoms with van der Waals surface area (Å²) in [5.74, 6) is -1.05. The molecule has 0 saturated carbocycles. The molecular weight excluding hydrogens is 296 g/mol. The molecule has 1 heterocycles. The number of carbonyl (C=O) groups is 3. The van der Waals surface area contributed by atoms with Crippen LogP contribution in [0, 0.1) is 11.8 Å². The molecule has 6 heteroatoms. The first kappa shape index (κ1) is 15.3. The molecule has 1 aromatic rings. The first-order valence-electron chi connectivity index (χ1n) is 7.54. The highest BCUT2D eigenvalue weighted by Crippen LogP contribution is 2.34. The minimum Gasteiger partial charge on any atom is -0.465 e. The fourth-order valence-electron chi connectivity index (χ4n) is 3.04. The second-order valence-electron chi connectivity index (χ2n) is 5.66. The van der Waals surface area contributed by atoms with Crippen LogP contribution in [0.4, 0.5) is 5.69 Å². The summed E-state index contributed by atoms with van der Waals surface area (Å²) in [6.07, 6.45) is 5.21. The number of benzene rings is 1. The molecule has 23 heavy (non-hydrogen) atoms. The van der Waals surface area contributed by atoms with Gasteiger partial charge in [0.15, 0.2) is 0 Å². The van der Waals surface area contributed by atoms with Gasteiger partial charge in [-0.3, -0.25) is 14.5 Å². The molecule has 2 aliphatic rings. The normalized spacial score (nSPS) is 22.9. The van der Waals surface area contributed by atoms with Crippen LogP contribution in [-0.4, -0.2) is 36.5 Å². The minimum absolute atomic E-state index is 0.108. The van der Waals surface area contributed by atoms with E-state index < -0.39 is 5.97 Å². The van der Waals surface area contributed by atoms with Gasteiger partial charge in [-0.2, -0.15) is 0 Å². The molecule has 0 unspecified atom stereocenters. The number of hydrogen-bond donors (Lipinski definition) is 1. The number of fused-ring (bicyclic) bond motifs is 1. The third-order valence-electron chi connectivity index (χ3n) is 4.35. The van der Waals surface area contributed by atoms with Crippen molar-refractivity contribution in [2.24, 2.45) is 11.8 Å². The van der Waals surface area contributed by atoms with E-state index in [1.807, 2.05) is 12.2 Å². The number of nitrogens with one attached hydrogen (secondary N) is 1. The lowest BCUT2D eigenvalue weighted by atomic mass is 9.85. The number of rotatable bonds is 4. The van der Waals surface area contributed by atoms with Crippen molar-refractivity contribution in [3.8, 4) is 0 Å². The summed E-state index contributed by atoms with van der Waals surface area (Å²) >= 11 is 0. The zero-order valence-corrected chi connectivity index (χ0v) is 12.8. The molecule has 2 amide bonds. The summed E-state index contributed by atoms with van der Waals surface area (Å²) in [7, 11) is 1.33. The Labute approximate surface area is 134 Å². The molecule has 1 aromatic carbocycles. The second-order valence-corrected chi connectivity index (χ2v) is 5.66. The number of carbonyl (C=O) groups excluding carboxylic acids is 3. The summed E-state index contributed by atoms with van der Waals surface area (Å²) in [5.41, 5.74) is 1.18. The van der Waals surface area contributed by atoms with Crippen molar-refractivity contribution < 1.29 is 19.1 Å². The molecule has 120 valence electrons. The summed E-state index contributed by atoms with van der Waals surface area (Å²) in [6.45, 7) is 0.141. The van der Waals surface area contributed by atoms with Gasteiger partial charge in [-0.05, 0) is 37.1 Å². The maximum Gasteiger partial charge on any atom is 0.337 e. The molecular formula is C17H18N2O4. The standard InChI is InChI=1S/C17H18N2O4/c1-23-17(22)11-6-8-12(9-7-11)18-10-19-15(20)13-4-2-3-5-14(13)16(19)21/h2-3,6-9,13-14,18H,4-5,10H2,1H3/t13-,14-/m1/s1. The van der Waals surface area contributed by atoms with Gasteiger partial charge in [-0.1, -0.05) is 12.2 Å². The van der Waals surface area contributed by atoms with Crippen LogP contribution >= 0.6 is 0 Å². The van der Waals surface area contributed by atoms with Gasteiger partial charge in [0.05, 0.1) is 31.2 Å². The number of methoxy groups -OCH3 is 1. The van der Waals surface area contributed by atoms with Crippen LogP contribution in [0.15, 0.2) is 36.4 Å². The van der Waals surface area contributed by atoms with E-state index in [9.17, 15) is 14.4 Å². The molecule has 1 fully saturated rings. The third kappa shape index (κ3) is 2.84. The lowest BCUT2D eigenvalue weighted by molar-refractivity contribution is -0.139. The Morgan fingerprint density at radius 1 is 1.13 bits per heavy atom. The molecule has 1 aliphatic carbocycles. The molecule has 0 spiro atoms. The lowest BCUT2D eigenvalue weighted by Crippen LogP contribution is -2.35. The summed E-state index contributed by atoms with van der Waals surface area (Å²) < 4.78 is 4.64. The van der Waals surface area contributed by atoms with Gasteiger partial charge in [0.2, 0.25) is 11.8 Å². The van der Waals surface area contributed by atoms with Crippen LogP contribution in [0.1, 0.15) is 23.2 Å². The van der Waals surface area contributed by atoms with Crippen molar-refractivity contribution in [2.75, 3.05) is 19.1 Å². The summed E-state index contributed by atoms with van der Waals surface area (Å²) in [4.78, 5) is 37.3. The number of nitrogens with zero attached hydrogens (tertiary/aromatic N) is 1. The van der Waals surface area contributed by atoms with Crippen LogP contribution in [0.3, 0.4) is 0 Å². The van der Waals surface area contributed by atoms with E-state index in [2.05, 4.69) is 10.1 Å². The van der Waals surface area contributed by atoms with E-state index in [-0.39, 0.29) is 30.3 Å². The fourth-order valence-corrected chi connectivity index (χ4v) is 3.04. The molecule has 1 aliphatic heterocycles. The Bertz CT molecular complexity index is 640. The number of ether oxygens (including phenoxy) is 1. The zero-order valence-electron chi connectivity index (χ0n) is 12.8. The molecule has 2 atom stereocenters. The van der Waals surface area contributed by atoms with Crippen molar-refractivity contribution in [3.05, 3.63) is 42.0 Å². The van der Waals surface area contributed by atoms with Crippen molar-refractivity contribution in [1.29, 1.82) is 0 Å². The first-order valence-corrected chi connectivity index (χ1v) is 7.54. The van der Waals surface area contributed by atoms with Gasteiger partial charge in [0.1, 0.15) is 0 Å². The molecule has 1 N–H and O–H groups in total. The smallest absolute Gasteiger partial charge is 0.337 e. The van der Waals surface area contributed by atoms with Crippen molar-refractivity contribution in [1.82, 2.24) is 4.90 Å². The Kier molecular flexibility index (Phi) is 4.14. The van der Waals surface area contributed by atoms with Crippen molar-refractivity contribution in [3.63, 3.8) is 0 Å². The molecule has 0 radical (unpaired) electrons. The van der Waals surface area contributed by atoms with Crippen LogP contribution < -0.4 is 5.32 Å². The monoisotopic (exact) mass is 314 g/mol. The summed E-state index contributed by atoms with van der Waals surface area (Å²) in [5, 5.41) is 3.05.